The van der Waals surface area contributed by atoms with Gasteiger partial charge in [-0.1, -0.05) is 0 Å². The monoisotopic (exact) mass is 281 g/mol. The van der Waals surface area contributed by atoms with Gasteiger partial charge < -0.3 is 19.5 Å². The second kappa shape index (κ2) is 9.20. The molecular weight excluding hydrogens is 258 g/mol. The number of amides is 1. The average Bonchev–Trinajstić information content (AvgIpc) is 2.49. The Kier molecular flexibility index (Phi) is 7.50. The van der Waals surface area contributed by atoms with E-state index in [9.17, 15) is 4.79 Å². The van der Waals surface area contributed by atoms with Gasteiger partial charge in [-0.05, 0) is 30.5 Å². The molecule has 0 aliphatic rings. The van der Waals surface area contributed by atoms with Crippen LogP contribution in [-0.2, 0) is 16.0 Å². The first-order valence-corrected chi connectivity index (χ1v) is 6.67. The van der Waals surface area contributed by atoms with E-state index in [1.165, 1.54) is 0 Å². The number of rotatable bonds is 9. The highest BCUT2D eigenvalue weighted by Crippen LogP contribution is 2.23. The molecule has 0 unspecified atom stereocenters. The van der Waals surface area contributed by atoms with E-state index in [-0.39, 0.29) is 5.91 Å². The quantitative estimate of drug-likeness (QED) is 0.701. The molecule has 20 heavy (non-hydrogen) atoms. The van der Waals surface area contributed by atoms with Gasteiger partial charge in [-0.25, -0.2) is 0 Å². The van der Waals surface area contributed by atoms with Crippen LogP contribution in [0.15, 0.2) is 18.2 Å². The van der Waals surface area contributed by atoms with Crippen molar-refractivity contribution < 1.29 is 19.0 Å². The number of hydrogen-bond acceptors (Lipinski definition) is 4. The van der Waals surface area contributed by atoms with Gasteiger partial charge in [0.2, 0.25) is 5.91 Å². The Bertz CT molecular complexity index is 398. The molecule has 1 aromatic carbocycles. The second-order valence-electron chi connectivity index (χ2n) is 4.42. The van der Waals surface area contributed by atoms with E-state index in [1.807, 2.05) is 18.2 Å². The minimum atomic E-state index is 0.0443. The van der Waals surface area contributed by atoms with Crippen molar-refractivity contribution in [1.29, 1.82) is 0 Å². The van der Waals surface area contributed by atoms with Crippen molar-refractivity contribution in [3.05, 3.63) is 23.8 Å². The molecule has 0 aliphatic heterocycles. The summed E-state index contributed by atoms with van der Waals surface area (Å²) in [7, 11) is 4.88. The van der Waals surface area contributed by atoms with Crippen LogP contribution in [0, 0.1) is 0 Å². The number of aryl methyl sites for hydroxylation is 1. The number of benzene rings is 1. The lowest BCUT2D eigenvalue weighted by Crippen LogP contribution is -2.25. The molecule has 0 spiro atoms. The Hall–Kier alpha value is -1.75. The maximum Gasteiger partial charge on any atom is 0.220 e. The van der Waals surface area contributed by atoms with E-state index in [0.717, 1.165) is 23.5 Å². The van der Waals surface area contributed by atoms with Crippen molar-refractivity contribution in [3.8, 4) is 11.5 Å². The molecule has 0 bridgehead atoms. The fourth-order valence-corrected chi connectivity index (χ4v) is 1.80. The number of ether oxygens (including phenoxy) is 3. The van der Waals surface area contributed by atoms with Gasteiger partial charge in [-0.15, -0.1) is 0 Å². The summed E-state index contributed by atoms with van der Waals surface area (Å²) in [4.78, 5) is 11.7. The van der Waals surface area contributed by atoms with Crippen LogP contribution in [0.1, 0.15) is 18.4 Å². The third kappa shape index (κ3) is 5.93. The van der Waals surface area contributed by atoms with E-state index in [1.54, 1.807) is 21.3 Å². The largest absolute Gasteiger partial charge is 0.497 e. The SMILES string of the molecule is COCCCNC(=O)CCc1cc(OC)cc(OC)c1. The van der Waals surface area contributed by atoms with Gasteiger partial charge in [0.15, 0.2) is 0 Å². The topological polar surface area (TPSA) is 56.8 Å². The summed E-state index contributed by atoms with van der Waals surface area (Å²) >= 11 is 0. The first-order valence-electron chi connectivity index (χ1n) is 6.67. The van der Waals surface area contributed by atoms with Gasteiger partial charge in [-0.3, -0.25) is 4.79 Å². The molecule has 0 saturated carbocycles. The summed E-state index contributed by atoms with van der Waals surface area (Å²) in [6, 6.07) is 5.65. The summed E-state index contributed by atoms with van der Waals surface area (Å²) in [5, 5.41) is 2.86. The molecule has 112 valence electrons. The smallest absolute Gasteiger partial charge is 0.220 e. The summed E-state index contributed by atoms with van der Waals surface area (Å²) < 4.78 is 15.3. The summed E-state index contributed by atoms with van der Waals surface area (Å²) in [5.74, 6) is 1.52. The van der Waals surface area contributed by atoms with Gasteiger partial charge in [0.1, 0.15) is 11.5 Å². The van der Waals surface area contributed by atoms with E-state index in [0.29, 0.717) is 26.0 Å². The number of carbonyl (C=O) groups is 1. The van der Waals surface area contributed by atoms with Crippen LogP contribution in [0.25, 0.3) is 0 Å². The van der Waals surface area contributed by atoms with Crippen LogP contribution in [0.5, 0.6) is 11.5 Å². The zero-order valence-corrected chi connectivity index (χ0v) is 12.4. The first-order chi connectivity index (χ1) is 9.69. The lowest BCUT2D eigenvalue weighted by molar-refractivity contribution is -0.121. The Balaban J connectivity index is 2.42. The molecule has 0 saturated heterocycles. The van der Waals surface area contributed by atoms with Gasteiger partial charge in [0, 0.05) is 32.7 Å². The average molecular weight is 281 g/mol. The van der Waals surface area contributed by atoms with Crippen molar-refractivity contribution in [3.63, 3.8) is 0 Å². The zero-order valence-electron chi connectivity index (χ0n) is 12.4. The maximum absolute atomic E-state index is 11.7. The molecule has 0 fully saturated rings. The second-order valence-corrected chi connectivity index (χ2v) is 4.42. The van der Waals surface area contributed by atoms with Crippen molar-refractivity contribution in [2.75, 3.05) is 34.5 Å². The predicted octanol–water partition coefficient (Wildman–Crippen LogP) is 1.79. The van der Waals surface area contributed by atoms with Gasteiger partial charge >= 0.3 is 0 Å². The van der Waals surface area contributed by atoms with E-state index < -0.39 is 0 Å². The lowest BCUT2D eigenvalue weighted by Gasteiger charge is -2.09. The highest BCUT2D eigenvalue weighted by atomic mass is 16.5. The lowest BCUT2D eigenvalue weighted by atomic mass is 10.1. The van der Waals surface area contributed by atoms with Crippen molar-refractivity contribution in [2.45, 2.75) is 19.3 Å². The van der Waals surface area contributed by atoms with Crippen LogP contribution in [0.2, 0.25) is 0 Å². The van der Waals surface area contributed by atoms with Crippen LogP contribution in [0.3, 0.4) is 0 Å². The van der Waals surface area contributed by atoms with Crippen LogP contribution >= 0.6 is 0 Å². The third-order valence-corrected chi connectivity index (χ3v) is 2.90. The van der Waals surface area contributed by atoms with Crippen molar-refractivity contribution >= 4 is 5.91 Å². The summed E-state index contributed by atoms with van der Waals surface area (Å²) in [5.41, 5.74) is 1.02. The van der Waals surface area contributed by atoms with Crippen LogP contribution < -0.4 is 14.8 Å². The molecule has 1 amide bonds. The summed E-state index contributed by atoms with van der Waals surface area (Å²) in [6.07, 6.45) is 1.93. The molecule has 1 N–H and O–H groups in total. The third-order valence-electron chi connectivity index (χ3n) is 2.90. The van der Waals surface area contributed by atoms with E-state index in [2.05, 4.69) is 5.32 Å². The van der Waals surface area contributed by atoms with Crippen molar-refractivity contribution in [1.82, 2.24) is 5.32 Å². The molecule has 0 aromatic heterocycles. The van der Waals surface area contributed by atoms with E-state index in [4.69, 9.17) is 14.2 Å². The van der Waals surface area contributed by atoms with Crippen LogP contribution in [0.4, 0.5) is 0 Å². The van der Waals surface area contributed by atoms with Crippen molar-refractivity contribution in [2.24, 2.45) is 0 Å². The van der Waals surface area contributed by atoms with Gasteiger partial charge in [0.05, 0.1) is 14.2 Å². The van der Waals surface area contributed by atoms with E-state index >= 15 is 0 Å². The highest BCUT2D eigenvalue weighted by Gasteiger charge is 2.05. The predicted molar refractivity (Wildman–Crippen MR) is 77.4 cm³/mol. The number of methoxy groups -OCH3 is 3. The van der Waals surface area contributed by atoms with Crippen LogP contribution in [-0.4, -0.2) is 40.4 Å². The Morgan fingerprint density at radius 2 is 1.75 bits per heavy atom. The Morgan fingerprint density at radius 3 is 2.30 bits per heavy atom. The molecule has 0 radical (unpaired) electrons. The zero-order chi connectivity index (χ0) is 14.8. The fraction of sp³-hybridized carbons (Fsp3) is 0.533. The first kappa shape index (κ1) is 16.3. The minimum Gasteiger partial charge on any atom is -0.497 e. The number of carbonyl (C=O) groups excluding carboxylic acids is 1. The summed E-state index contributed by atoms with van der Waals surface area (Å²) in [6.45, 7) is 1.31. The molecule has 1 aromatic rings. The molecule has 0 aliphatic carbocycles. The molecular formula is C15H23NO4. The number of nitrogens with one attached hydrogen (secondary N) is 1. The Morgan fingerprint density at radius 1 is 1.10 bits per heavy atom. The van der Waals surface area contributed by atoms with Gasteiger partial charge in [-0.2, -0.15) is 0 Å². The molecule has 5 heteroatoms. The Labute approximate surface area is 120 Å². The molecule has 1 rings (SSSR count). The normalized spacial score (nSPS) is 10.2. The fourth-order valence-electron chi connectivity index (χ4n) is 1.80. The molecule has 5 nitrogen and oxygen atoms in total. The standard InChI is InChI=1S/C15H23NO4/c1-18-8-4-7-16-15(17)6-5-12-9-13(19-2)11-14(10-12)20-3/h9-11H,4-8H2,1-3H3,(H,16,17). The molecule has 0 atom stereocenters. The highest BCUT2D eigenvalue weighted by molar-refractivity contribution is 5.76. The maximum atomic E-state index is 11.7. The molecule has 0 heterocycles. The number of hydrogen-bond donors (Lipinski definition) is 1. The van der Waals surface area contributed by atoms with Gasteiger partial charge in [0.25, 0.3) is 0 Å². The minimum absolute atomic E-state index is 0.0443.